The number of thiophene rings is 1. The first-order valence-corrected chi connectivity index (χ1v) is 8.87. The van der Waals surface area contributed by atoms with E-state index >= 15 is 0 Å². The van der Waals surface area contributed by atoms with Crippen LogP contribution in [-0.2, 0) is 16.1 Å². The molecule has 3 heterocycles. The average Bonchev–Trinajstić information content (AvgIpc) is 3.06. The number of morpholine rings is 1. The highest BCUT2D eigenvalue weighted by Crippen LogP contribution is 2.15. The first kappa shape index (κ1) is 17.1. The van der Waals surface area contributed by atoms with Gasteiger partial charge in [-0.25, -0.2) is 4.98 Å². The van der Waals surface area contributed by atoms with Gasteiger partial charge in [-0.1, -0.05) is 0 Å². The van der Waals surface area contributed by atoms with Gasteiger partial charge in [-0.15, -0.1) is 11.3 Å². The molecule has 3 rings (SSSR count). The van der Waals surface area contributed by atoms with Crippen LogP contribution in [0, 0.1) is 0 Å². The van der Waals surface area contributed by atoms with Gasteiger partial charge in [0.2, 0.25) is 5.91 Å². The fourth-order valence-electron chi connectivity index (χ4n) is 2.81. The van der Waals surface area contributed by atoms with Crippen LogP contribution in [0.25, 0.3) is 10.2 Å². The monoisotopic (exact) mass is 350 g/mol. The molecule has 1 amide bonds. The van der Waals surface area contributed by atoms with E-state index in [1.54, 1.807) is 6.07 Å². The molecule has 2 aromatic rings. The van der Waals surface area contributed by atoms with E-state index in [9.17, 15) is 9.59 Å². The van der Waals surface area contributed by atoms with Gasteiger partial charge in [-0.3, -0.25) is 19.1 Å². The molecule has 0 aliphatic carbocycles. The van der Waals surface area contributed by atoms with Crippen molar-refractivity contribution in [3.05, 3.63) is 28.1 Å². The molecular weight excluding hydrogens is 328 g/mol. The number of nitrogens with one attached hydrogen (secondary N) is 1. The summed E-state index contributed by atoms with van der Waals surface area (Å²) in [6.45, 7) is 7.87. The summed E-state index contributed by atoms with van der Waals surface area (Å²) in [5, 5.41) is 5.32. The van der Waals surface area contributed by atoms with Crippen molar-refractivity contribution in [2.24, 2.45) is 0 Å². The van der Waals surface area contributed by atoms with Gasteiger partial charge in [-0.2, -0.15) is 0 Å². The number of hydrogen-bond acceptors (Lipinski definition) is 6. The second kappa shape index (κ2) is 7.00. The Morgan fingerprint density at radius 3 is 2.92 bits per heavy atom. The van der Waals surface area contributed by atoms with Crippen molar-refractivity contribution in [1.82, 2.24) is 19.8 Å². The lowest BCUT2D eigenvalue weighted by Crippen LogP contribution is -2.55. The van der Waals surface area contributed by atoms with Crippen molar-refractivity contribution in [3.8, 4) is 0 Å². The summed E-state index contributed by atoms with van der Waals surface area (Å²) in [7, 11) is 0. The number of amides is 1. The highest BCUT2D eigenvalue weighted by atomic mass is 32.1. The molecule has 7 nitrogen and oxygen atoms in total. The molecule has 1 saturated heterocycles. The van der Waals surface area contributed by atoms with Crippen molar-refractivity contribution in [3.63, 3.8) is 0 Å². The molecule has 1 fully saturated rings. The van der Waals surface area contributed by atoms with Gasteiger partial charge in [0.05, 0.1) is 24.9 Å². The molecule has 24 heavy (non-hydrogen) atoms. The van der Waals surface area contributed by atoms with Gasteiger partial charge in [0.1, 0.15) is 11.4 Å². The Morgan fingerprint density at radius 1 is 1.42 bits per heavy atom. The fraction of sp³-hybridized carbons (Fsp3) is 0.562. The Morgan fingerprint density at radius 2 is 2.17 bits per heavy atom. The van der Waals surface area contributed by atoms with Crippen molar-refractivity contribution < 1.29 is 9.53 Å². The minimum absolute atomic E-state index is 0.0171. The molecule has 0 unspecified atom stereocenters. The molecule has 1 aliphatic rings. The fourth-order valence-corrected chi connectivity index (χ4v) is 3.54. The molecular formula is C16H22N4O3S. The minimum Gasteiger partial charge on any atom is -0.379 e. The highest BCUT2D eigenvalue weighted by molar-refractivity contribution is 7.16. The van der Waals surface area contributed by atoms with Crippen LogP contribution in [0.2, 0.25) is 0 Å². The standard InChI is InChI=1S/C16H22N4O3S/c1-16(2,20-4-6-23-7-5-20)10-17-13(21)9-19-11-18-14-12(15(19)22)3-8-24-14/h3,8,11H,4-7,9-10H2,1-2H3,(H,17,21). The maximum Gasteiger partial charge on any atom is 0.262 e. The number of carbonyl (C=O) groups excluding carboxylic acids is 1. The zero-order chi connectivity index (χ0) is 17.2. The number of rotatable bonds is 5. The summed E-state index contributed by atoms with van der Waals surface area (Å²) < 4.78 is 6.72. The van der Waals surface area contributed by atoms with E-state index in [2.05, 4.69) is 29.0 Å². The third-order valence-corrected chi connectivity index (χ3v) is 5.17. The van der Waals surface area contributed by atoms with Gasteiger partial charge in [0.25, 0.3) is 5.56 Å². The minimum atomic E-state index is -0.185. The van der Waals surface area contributed by atoms with E-state index in [-0.39, 0.29) is 23.6 Å². The normalized spacial score (nSPS) is 16.4. The summed E-state index contributed by atoms with van der Waals surface area (Å²) in [6, 6.07) is 1.74. The molecule has 8 heteroatoms. The number of hydrogen-bond donors (Lipinski definition) is 1. The van der Waals surface area contributed by atoms with E-state index < -0.39 is 0 Å². The third kappa shape index (κ3) is 3.66. The second-order valence-corrected chi connectivity index (χ2v) is 7.40. The molecule has 0 radical (unpaired) electrons. The van der Waals surface area contributed by atoms with Crippen LogP contribution in [0.1, 0.15) is 13.8 Å². The van der Waals surface area contributed by atoms with Gasteiger partial charge < -0.3 is 10.1 Å². The van der Waals surface area contributed by atoms with E-state index in [0.717, 1.165) is 26.3 Å². The van der Waals surface area contributed by atoms with E-state index in [4.69, 9.17) is 4.74 Å². The topological polar surface area (TPSA) is 76.5 Å². The van der Waals surface area contributed by atoms with Crippen LogP contribution in [0.3, 0.4) is 0 Å². The molecule has 0 aromatic carbocycles. The molecule has 0 bridgehead atoms. The van der Waals surface area contributed by atoms with Crippen molar-refractivity contribution in [2.75, 3.05) is 32.8 Å². The molecule has 0 spiro atoms. The lowest BCUT2D eigenvalue weighted by atomic mass is 10.0. The van der Waals surface area contributed by atoms with Crippen molar-refractivity contribution in [1.29, 1.82) is 0 Å². The quantitative estimate of drug-likeness (QED) is 0.858. The van der Waals surface area contributed by atoms with E-state index in [0.29, 0.717) is 16.8 Å². The Bertz CT molecular complexity index is 777. The molecule has 2 aromatic heterocycles. The van der Waals surface area contributed by atoms with Crippen LogP contribution in [0.5, 0.6) is 0 Å². The zero-order valence-electron chi connectivity index (χ0n) is 13.9. The first-order valence-electron chi connectivity index (χ1n) is 7.99. The van der Waals surface area contributed by atoms with Crippen LogP contribution < -0.4 is 10.9 Å². The van der Waals surface area contributed by atoms with Gasteiger partial charge in [0, 0.05) is 25.2 Å². The van der Waals surface area contributed by atoms with E-state index in [1.165, 1.54) is 22.2 Å². The number of nitrogens with zero attached hydrogens (tertiary/aromatic N) is 3. The maximum atomic E-state index is 12.3. The smallest absolute Gasteiger partial charge is 0.262 e. The van der Waals surface area contributed by atoms with Crippen LogP contribution >= 0.6 is 11.3 Å². The largest absolute Gasteiger partial charge is 0.379 e. The van der Waals surface area contributed by atoms with Crippen LogP contribution in [0.4, 0.5) is 0 Å². The first-order chi connectivity index (χ1) is 11.5. The zero-order valence-corrected chi connectivity index (χ0v) is 14.8. The maximum absolute atomic E-state index is 12.3. The Balaban J connectivity index is 1.60. The third-order valence-electron chi connectivity index (χ3n) is 4.35. The molecule has 130 valence electrons. The summed E-state index contributed by atoms with van der Waals surface area (Å²) in [6.07, 6.45) is 1.44. The van der Waals surface area contributed by atoms with Crippen molar-refractivity contribution >= 4 is 27.5 Å². The number of ether oxygens (including phenoxy) is 1. The lowest BCUT2D eigenvalue weighted by Gasteiger charge is -2.40. The van der Waals surface area contributed by atoms with Gasteiger partial charge in [-0.05, 0) is 25.3 Å². The van der Waals surface area contributed by atoms with E-state index in [1.807, 2.05) is 5.38 Å². The lowest BCUT2D eigenvalue weighted by molar-refractivity contribution is -0.122. The predicted octanol–water partition coefficient (Wildman–Crippen LogP) is 0.685. The summed E-state index contributed by atoms with van der Waals surface area (Å²) in [5.41, 5.74) is -0.330. The van der Waals surface area contributed by atoms with Crippen LogP contribution in [-0.4, -0.2) is 58.7 Å². The summed E-state index contributed by atoms with van der Waals surface area (Å²) in [4.78, 5) is 31.8. The predicted molar refractivity (Wildman–Crippen MR) is 93.4 cm³/mol. The number of aromatic nitrogens is 2. The second-order valence-electron chi connectivity index (χ2n) is 6.51. The summed E-state index contributed by atoms with van der Waals surface area (Å²) in [5.74, 6) is -0.185. The molecule has 0 atom stereocenters. The Hall–Kier alpha value is -1.77. The highest BCUT2D eigenvalue weighted by Gasteiger charge is 2.28. The average molecular weight is 350 g/mol. The Labute approximate surface area is 144 Å². The Kier molecular flexibility index (Phi) is 4.98. The van der Waals surface area contributed by atoms with Gasteiger partial charge in [0.15, 0.2) is 0 Å². The molecule has 1 N–H and O–H groups in total. The van der Waals surface area contributed by atoms with Crippen LogP contribution in [0.15, 0.2) is 22.6 Å². The summed E-state index contributed by atoms with van der Waals surface area (Å²) >= 11 is 1.42. The number of fused-ring (bicyclic) bond motifs is 1. The number of carbonyl (C=O) groups is 1. The van der Waals surface area contributed by atoms with Crippen molar-refractivity contribution in [2.45, 2.75) is 25.9 Å². The SMILES string of the molecule is CC(C)(CNC(=O)Cn1cnc2sccc2c1=O)N1CCOCC1. The van der Waals surface area contributed by atoms with Gasteiger partial charge >= 0.3 is 0 Å². The molecule has 1 aliphatic heterocycles. The molecule has 0 saturated carbocycles.